The number of nitrogens with one attached hydrogen (secondary N) is 1. The summed E-state index contributed by atoms with van der Waals surface area (Å²) >= 11 is 2.00. The van der Waals surface area contributed by atoms with Gasteiger partial charge in [0.2, 0.25) is 0 Å². The molecule has 1 N–H and O–H groups in total. The van der Waals surface area contributed by atoms with Crippen molar-refractivity contribution in [2.75, 3.05) is 5.75 Å². The summed E-state index contributed by atoms with van der Waals surface area (Å²) in [5, 5.41) is 3.71. The lowest BCUT2D eigenvalue weighted by atomic mass is 10.0. The molecule has 3 rings (SSSR count). The number of nitrogens with zero attached hydrogens (tertiary/aromatic N) is 1. The molecule has 2 atom stereocenters. The molecule has 1 aliphatic rings. The SMILES string of the molecule is CC(NC1CSCc2ccccc21)c1ccccn1. The highest BCUT2D eigenvalue weighted by Gasteiger charge is 2.22. The second-order valence-corrected chi connectivity index (χ2v) is 5.94. The maximum absolute atomic E-state index is 4.43. The normalized spacial score (nSPS) is 19.7. The van der Waals surface area contributed by atoms with Gasteiger partial charge in [0.1, 0.15) is 0 Å². The Morgan fingerprint density at radius 1 is 1.21 bits per heavy atom. The molecule has 1 aromatic carbocycles. The van der Waals surface area contributed by atoms with E-state index in [1.807, 2.05) is 30.1 Å². The predicted octanol–water partition coefficient (Wildman–Crippen LogP) is 3.72. The van der Waals surface area contributed by atoms with Gasteiger partial charge in [-0.1, -0.05) is 30.3 Å². The van der Waals surface area contributed by atoms with Crippen LogP contribution in [-0.2, 0) is 5.75 Å². The van der Waals surface area contributed by atoms with Crippen molar-refractivity contribution in [3.05, 3.63) is 65.5 Å². The largest absolute Gasteiger partial charge is 0.301 e. The first kappa shape index (κ1) is 12.7. The fourth-order valence-corrected chi connectivity index (χ4v) is 3.65. The van der Waals surface area contributed by atoms with Crippen molar-refractivity contribution >= 4 is 11.8 Å². The minimum atomic E-state index is 0.276. The van der Waals surface area contributed by atoms with Crippen LogP contribution in [-0.4, -0.2) is 10.7 Å². The van der Waals surface area contributed by atoms with Crippen molar-refractivity contribution in [1.82, 2.24) is 10.3 Å². The molecule has 0 bridgehead atoms. The summed E-state index contributed by atoms with van der Waals surface area (Å²) in [5.41, 5.74) is 4.02. The van der Waals surface area contributed by atoms with E-state index in [9.17, 15) is 0 Å². The van der Waals surface area contributed by atoms with Crippen molar-refractivity contribution in [2.45, 2.75) is 24.8 Å². The van der Waals surface area contributed by atoms with Gasteiger partial charge in [-0.05, 0) is 30.2 Å². The van der Waals surface area contributed by atoms with Gasteiger partial charge in [0.25, 0.3) is 0 Å². The van der Waals surface area contributed by atoms with E-state index >= 15 is 0 Å². The van der Waals surface area contributed by atoms with Gasteiger partial charge in [-0.15, -0.1) is 0 Å². The summed E-state index contributed by atoms with van der Waals surface area (Å²) in [6.45, 7) is 2.18. The zero-order valence-electron chi connectivity index (χ0n) is 11.0. The quantitative estimate of drug-likeness (QED) is 0.920. The molecule has 0 fully saturated rings. The lowest BCUT2D eigenvalue weighted by Gasteiger charge is -2.28. The molecule has 2 unspecified atom stereocenters. The first-order valence-corrected chi connectivity index (χ1v) is 7.82. The van der Waals surface area contributed by atoms with Crippen LogP contribution in [0.4, 0.5) is 0 Å². The van der Waals surface area contributed by atoms with E-state index in [1.54, 1.807) is 0 Å². The zero-order valence-corrected chi connectivity index (χ0v) is 11.9. The van der Waals surface area contributed by atoms with Crippen molar-refractivity contribution in [3.63, 3.8) is 0 Å². The summed E-state index contributed by atoms with van der Waals surface area (Å²) in [6.07, 6.45) is 1.86. The fraction of sp³-hybridized carbons (Fsp3) is 0.312. The number of hydrogen-bond acceptors (Lipinski definition) is 3. The fourth-order valence-electron chi connectivity index (χ4n) is 2.54. The van der Waals surface area contributed by atoms with Gasteiger partial charge in [-0.25, -0.2) is 0 Å². The lowest BCUT2D eigenvalue weighted by Crippen LogP contribution is -2.29. The van der Waals surface area contributed by atoms with Crippen LogP contribution in [0.25, 0.3) is 0 Å². The average molecular weight is 270 g/mol. The van der Waals surface area contributed by atoms with E-state index in [4.69, 9.17) is 0 Å². The van der Waals surface area contributed by atoms with Crippen molar-refractivity contribution < 1.29 is 0 Å². The third-order valence-corrected chi connectivity index (χ3v) is 4.64. The Morgan fingerprint density at radius 3 is 2.89 bits per heavy atom. The number of fused-ring (bicyclic) bond motifs is 1. The number of rotatable bonds is 3. The third-order valence-electron chi connectivity index (χ3n) is 3.56. The van der Waals surface area contributed by atoms with Crippen LogP contribution >= 0.6 is 11.8 Å². The molecule has 0 saturated heterocycles. The van der Waals surface area contributed by atoms with Gasteiger partial charge < -0.3 is 5.32 Å². The Labute approximate surface area is 118 Å². The molecule has 0 radical (unpaired) electrons. The average Bonchev–Trinajstić information content (AvgIpc) is 2.48. The molecule has 0 aliphatic carbocycles. The Morgan fingerprint density at radius 2 is 2.05 bits per heavy atom. The maximum atomic E-state index is 4.43. The van der Waals surface area contributed by atoms with Crippen LogP contribution in [0.3, 0.4) is 0 Å². The molecule has 3 heteroatoms. The maximum Gasteiger partial charge on any atom is 0.0570 e. The smallest absolute Gasteiger partial charge is 0.0570 e. The van der Waals surface area contributed by atoms with Crippen molar-refractivity contribution in [1.29, 1.82) is 0 Å². The zero-order chi connectivity index (χ0) is 13.1. The second-order valence-electron chi connectivity index (χ2n) is 4.91. The summed E-state index contributed by atoms with van der Waals surface area (Å²) in [5.74, 6) is 2.26. The number of pyridine rings is 1. The first-order chi connectivity index (χ1) is 9.34. The van der Waals surface area contributed by atoms with Crippen LogP contribution in [0, 0.1) is 0 Å². The summed E-state index contributed by atoms with van der Waals surface area (Å²) in [4.78, 5) is 4.43. The highest BCUT2D eigenvalue weighted by molar-refractivity contribution is 7.98. The Kier molecular flexibility index (Phi) is 3.85. The van der Waals surface area contributed by atoms with Crippen LogP contribution < -0.4 is 5.32 Å². The number of thioether (sulfide) groups is 1. The van der Waals surface area contributed by atoms with Gasteiger partial charge in [-0.2, -0.15) is 11.8 Å². The highest BCUT2D eigenvalue weighted by atomic mass is 32.2. The number of aromatic nitrogens is 1. The lowest BCUT2D eigenvalue weighted by molar-refractivity contribution is 0.487. The molecular formula is C16H18N2S. The molecule has 2 nitrogen and oxygen atoms in total. The standard InChI is InChI=1S/C16H18N2S/c1-12(15-8-4-5-9-17-15)18-16-11-19-10-13-6-2-3-7-14(13)16/h2-9,12,16,18H,10-11H2,1H3. The van der Waals surface area contributed by atoms with Crippen molar-refractivity contribution in [2.24, 2.45) is 0 Å². The molecule has 2 heterocycles. The number of benzene rings is 1. The van der Waals surface area contributed by atoms with Crippen LogP contribution in [0.15, 0.2) is 48.7 Å². The molecule has 2 aromatic rings. The highest BCUT2D eigenvalue weighted by Crippen LogP contribution is 2.32. The second kappa shape index (κ2) is 5.76. The molecule has 1 aromatic heterocycles. The monoisotopic (exact) mass is 270 g/mol. The predicted molar refractivity (Wildman–Crippen MR) is 81.1 cm³/mol. The molecule has 1 aliphatic heterocycles. The van der Waals surface area contributed by atoms with Gasteiger partial charge in [0.15, 0.2) is 0 Å². The van der Waals surface area contributed by atoms with Crippen LogP contribution in [0.1, 0.15) is 35.8 Å². The summed E-state index contributed by atoms with van der Waals surface area (Å²) < 4.78 is 0. The topological polar surface area (TPSA) is 24.9 Å². The minimum Gasteiger partial charge on any atom is -0.301 e. The molecule has 98 valence electrons. The van der Waals surface area contributed by atoms with Crippen LogP contribution in [0.2, 0.25) is 0 Å². The van der Waals surface area contributed by atoms with Gasteiger partial charge in [0.05, 0.1) is 5.69 Å². The molecule has 19 heavy (non-hydrogen) atoms. The van der Waals surface area contributed by atoms with Gasteiger partial charge >= 0.3 is 0 Å². The van der Waals surface area contributed by atoms with Gasteiger partial charge in [-0.3, -0.25) is 4.98 Å². The van der Waals surface area contributed by atoms with E-state index in [0.29, 0.717) is 6.04 Å². The summed E-state index contributed by atoms with van der Waals surface area (Å²) in [7, 11) is 0. The molecule has 0 spiro atoms. The molecule has 0 amide bonds. The van der Waals surface area contributed by atoms with E-state index < -0.39 is 0 Å². The minimum absolute atomic E-state index is 0.276. The third kappa shape index (κ3) is 2.82. The Balaban J connectivity index is 1.78. The first-order valence-electron chi connectivity index (χ1n) is 6.67. The van der Waals surface area contributed by atoms with E-state index in [0.717, 1.165) is 17.2 Å². The van der Waals surface area contributed by atoms with E-state index in [2.05, 4.69) is 47.6 Å². The molecular weight excluding hydrogens is 252 g/mol. The van der Waals surface area contributed by atoms with E-state index in [1.165, 1.54) is 11.1 Å². The van der Waals surface area contributed by atoms with Gasteiger partial charge in [0, 0.05) is 29.8 Å². The van der Waals surface area contributed by atoms with E-state index in [-0.39, 0.29) is 6.04 Å². The Hall–Kier alpha value is -1.32. The Bertz CT molecular complexity index is 541. The van der Waals surface area contributed by atoms with Crippen LogP contribution in [0.5, 0.6) is 0 Å². The van der Waals surface area contributed by atoms with Crippen molar-refractivity contribution in [3.8, 4) is 0 Å². The molecule has 0 saturated carbocycles. The summed E-state index contributed by atoms with van der Waals surface area (Å²) in [6, 6.07) is 15.5. The number of hydrogen-bond donors (Lipinski definition) is 1.